The summed E-state index contributed by atoms with van der Waals surface area (Å²) in [6.07, 6.45) is 3.95. The molecule has 35 heavy (non-hydrogen) atoms. The zero-order valence-electron chi connectivity index (χ0n) is 21.0. The van der Waals surface area contributed by atoms with Gasteiger partial charge in [-0.25, -0.2) is 4.79 Å². The number of aromatic nitrogens is 2. The van der Waals surface area contributed by atoms with E-state index >= 15 is 0 Å². The van der Waals surface area contributed by atoms with E-state index in [9.17, 15) is 4.79 Å². The number of anilines is 1. The summed E-state index contributed by atoms with van der Waals surface area (Å²) >= 11 is 0. The molecule has 0 saturated heterocycles. The lowest BCUT2D eigenvalue weighted by Crippen LogP contribution is -2.31. The highest BCUT2D eigenvalue weighted by Crippen LogP contribution is 2.50. The summed E-state index contributed by atoms with van der Waals surface area (Å²) < 4.78 is 8.79. The van der Waals surface area contributed by atoms with E-state index in [0.29, 0.717) is 11.3 Å². The Morgan fingerprint density at radius 2 is 1.71 bits per heavy atom. The lowest BCUT2D eigenvalue weighted by Gasteiger charge is -2.30. The Labute approximate surface area is 207 Å². The Hall–Kier alpha value is -3.60. The molecule has 0 spiro atoms. The van der Waals surface area contributed by atoms with Crippen LogP contribution in [0.15, 0.2) is 66.9 Å². The van der Waals surface area contributed by atoms with E-state index in [0.717, 1.165) is 65.9 Å². The van der Waals surface area contributed by atoms with Crippen molar-refractivity contribution in [1.29, 1.82) is 0 Å². The molecule has 4 aromatic rings. The SMILES string of the molecule is CCCCn1c(C)c(C2(c3ccc(N(CC)CC)cc3)OC(=O)c3cccnc32)c2ccccc21. The van der Waals surface area contributed by atoms with Crippen molar-refractivity contribution in [3.8, 4) is 0 Å². The summed E-state index contributed by atoms with van der Waals surface area (Å²) in [7, 11) is 0. The zero-order chi connectivity index (χ0) is 24.6. The number of para-hydroxylation sites is 1. The Morgan fingerprint density at radius 1 is 0.971 bits per heavy atom. The van der Waals surface area contributed by atoms with Crippen LogP contribution in [0.5, 0.6) is 0 Å². The molecule has 0 amide bonds. The average molecular weight is 468 g/mol. The second-order valence-electron chi connectivity index (χ2n) is 9.17. The maximum absolute atomic E-state index is 13.2. The number of hydrogen-bond acceptors (Lipinski definition) is 4. The van der Waals surface area contributed by atoms with Gasteiger partial charge in [0, 0.05) is 59.2 Å². The van der Waals surface area contributed by atoms with E-state index in [2.05, 4.69) is 85.7 Å². The third-order valence-electron chi connectivity index (χ3n) is 7.33. The highest BCUT2D eigenvalue weighted by Gasteiger charge is 2.52. The van der Waals surface area contributed by atoms with E-state index in [1.54, 1.807) is 12.3 Å². The molecule has 1 aliphatic heterocycles. The number of cyclic esters (lactones) is 1. The Kier molecular flexibility index (Phi) is 6.10. The van der Waals surface area contributed by atoms with E-state index in [4.69, 9.17) is 9.72 Å². The Balaban J connectivity index is 1.81. The van der Waals surface area contributed by atoms with Crippen LogP contribution >= 0.6 is 0 Å². The van der Waals surface area contributed by atoms with Gasteiger partial charge in [0.05, 0.1) is 5.56 Å². The van der Waals surface area contributed by atoms with Crippen LogP contribution in [0, 0.1) is 6.92 Å². The van der Waals surface area contributed by atoms with Crippen molar-refractivity contribution in [3.05, 3.63) is 94.9 Å². The minimum absolute atomic E-state index is 0.328. The first kappa shape index (κ1) is 23.2. The molecule has 5 nitrogen and oxygen atoms in total. The number of pyridine rings is 1. The number of esters is 1. The van der Waals surface area contributed by atoms with Crippen LogP contribution in [-0.2, 0) is 16.9 Å². The third kappa shape index (κ3) is 3.53. The molecule has 0 bridgehead atoms. The van der Waals surface area contributed by atoms with Gasteiger partial charge in [-0.2, -0.15) is 0 Å². The van der Waals surface area contributed by atoms with Gasteiger partial charge in [0.2, 0.25) is 5.60 Å². The Bertz CT molecular complexity index is 1370. The van der Waals surface area contributed by atoms with Crippen LogP contribution < -0.4 is 4.90 Å². The molecule has 180 valence electrons. The van der Waals surface area contributed by atoms with Crippen LogP contribution in [0.1, 0.15) is 66.5 Å². The van der Waals surface area contributed by atoms with E-state index in [1.807, 2.05) is 6.07 Å². The maximum Gasteiger partial charge on any atom is 0.341 e. The van der Waals surface area contributed by atoms with Gasteiger partial charge in [-0.1, -0.05) is 43.7 Å². The normalized spacial score (nSPS) is 17.0. The number of rotatable bonds is 8. The van der Waals surface area contributed by atoms with E-state index in [1.165, 1.54) is 0 Å². The van der Waals surface area contributed by atoms with Crippen molar-refractivity contribution in [2.45, 2.75) is 52.7 Å². The minimum Gasteiger partial charge on any atom is -0.439 e. The second-order valence-corrected chi connectivity index (χ2v) is 9.17. The number of carbonyl (C=O) groups excluding carboxylic acids is 1. The molecule has 0 N–H and O–H groups in total. The van der Waals surface area contributed by atoms with E-state index in [-0.39, 0.29) is 5.97 Å². The summed E-state index contributed by atoms with van der Waals surface area (Å²) in [6, 6.07) is 20.5. The van der Waals surface area contributed by atoms with Gasteiger partial charge in [-0.05, 0) is 57.5 Å². The summed E-state index contributed by atoms with van der Waals surface area (Å²) in [4.78, 5) is 20.3. The second kappa shape index (κ2) is 9.21. The fraction of sp³-hybridized carbons (Fsp3) is 0.333. The number of benzene rings is 2. The van der Waals surface area contributed by atoms with Crippen LogP contribution in [0.3, 0.4) is 0 Å². The van der Waals surface area contributed by atoms with Crippen molar-refractivity contribution in [2.75, 3.05) is 18.0 Å². The summed E-state index contributed by atoms with van der Waals surface area (Å²) in [6.45, 7) is 11.5. The highest BCUT2D eigenvalue weighted by molar-refractivity contribution is 5.98. The molecule has 0 fully saturated rings. The van der Waals surface area contributed by atoms with Crippen LogP contribution in [0.2, 0.25) is 0 Å². The van der Waals surface area contributed by atoms with Gasteiger partial charge in [-0.15, -0.1) is 0 Å². The standard InChI is InChI=1S/C30H33N3O2/c1-5-8-20-33-21(4)27(24-12-9-10-14-26(24)33)30(28-25(29(34)35-30)13-11-19-31-28)22-15-17-23(18-16-22)32(6-2)7-3/h9-19H,5-8,20H2,1-4H3. The van der Waals surface area contributed by atoms with Gasteiger partial charge in [0.15, 0.2) is 0 Å². The largest absolute Gasteiger partial charge is 0.439 e. The molecule has 0 saturated carbocycles. The van der Waals surface area contributed by atoms with Crippen LogP contribution in [0.4, 0.5) is 5.69 Å². The van der Waals surface area contributed by atoms with Crippen molar-refractivity contribution < 1.29 is 9.53 Å². The molecule has 3 heterocycles. The van der Waals surface area contributed by atoms with Crippen LogP contribution in [-0.4, -0.2) is 28.6 Å². The average Bonchev–Trinajstić information content (AvgIpc) is 3.35. The summed E-state index contributed by atoms with van der Waals surface area (Å²) in [5.74, 6) is -0.328. The predicted octanol–water partition coefficient (Wildman–Crippen LogP) is 6.45. The zero-order valence-corrected chi connectivity index (χ0v) is 21.0. The van der Waals surface area contributed by atoms with Crippen molar-refractivity contribution in [1.82, 2.24) is 9.55 Å². The van der Waals surface area contributed by atoms with Crippen molar-refractivity contribution in [3.63, 3.8) is 0 Å². The first-order chi connectivity index (χ1) is 17.1. The summed E-state index contributed by atoms with van der Waals surface area (Å²) in [5.41, 5.74) is 5.45. The van der Waals surface area contributed by atoms with Gasteiger partial charge in [0.25, 0.3) is 0 Å². The number of ether oxygens (including phenoxy) is 1. The topological polar surface area (TPSA) is 47.4 Å². The fourth-order valence-corrected chi connectivity index (χ4v) is 5.58. The smallest absolute Gasteiger partial charge is 0.341 e. The van der Waals surface area contributed by atoms with Crippen LogP contribution in [0.25, 0.3) is 10.9 Å². The molecule has 1 atom stereocenters. The number of unbranched alkanes of at least 4 members (excludes halogenated alkanes) is 1. The van der Waals surface area contributed by atoms with Crippen molar-refractivity contribution >= 4 is 22.6 Å². The molecular weight excluding hydrogens is 434 g/mol. The minimum atomic E-state index is -1.10. The fourth-order valence-electron chi connectivity index (χ4n) is 5.58. The first-order valence-electron chi connectivity index (χ1n) is 12.7. The molecule has 5 heteroatoms. The summed E-state index contributed by atoms with van der Waals surface area (Å²) in [5, 5.41) is 1.10. The number of fused-ring (bicyclic) bond motifs is 2. The first-order valence-corrected chi connectivity index (χ1v) is 12.7. The Morgan fingerprint density at radius 3 is 2.43 bits per heavy atom. The van der Waals surface area contributed by atoms with Gasteiger partial charge < -0.3 is 14.2 Å². The third-order valence-corrected chi connectivity index (χ3v) is 7.33. The lowest BCUT2D eigenvalue weighted by molar-refractivity contribution is 0.0245. The number of aryl methyl sites for hydroxylation is 1. The molecule has 0 aliphatic carbocycles. The molecule has 5 rings (SSSR count). The van der Waals surface area contributed by atoms with Gasteiger partial charge in [-0.3, -0.25) is 4.98 Å². The van der Waals surface area contributed by atoms with Gasteiger partial charge in [0.1, 0.15) is 5.69 Å². The predicted molar refractivity (Wildman–Crippen MR) is 141 cm³/mol. The highest BCUT2D eigenvalue weighted by atomic mass is 16.6. The maximum atomic E-state index is 13.2. The lowest BCUT2D eigenvalue weighted by atomic mass is 9.81. The number of carbonyl (C=O) groups is 1. The molecule has 1 unspecified atom stereocenters. The van der Waals surface area contributed by atoms with Gasteiger partial charge >= 0.3 is 5.97 Å². The van der Waals surface area contributed by atoms with Crippen molar-refractivity contribution in [2.24, 2.45) is 0 Å². The molecule has 0 radical (unpaired) electrons. The molecule has 2 aromatic carbocycles. The quantitative estimate of drug-likeness (QED) is 0.279. The van der Waals surface area contributed by atoms with E-state index < -0.39 is 5.60 Å². The number of hydrogen-bond donors (Lipinski definition) is 0. The number of nitrogens with zero attached hydrogens (tertiary/aromatic N) is 3. The molecule has 1 aliphatic rings. The molecular formula is C30H33N3O2. The monoisotopic (exact) mass is 467 g/mol. The molecule has 2 aromatic heterocycles.